The van der Waals surface area contributed by atoms with E-state index in [1.54, 1.807) is 0 Å². The summed E-state index contributed by atoms with van der Waals surface area (Å²) in [6.45, 7) is 3.82. The number of hydrogen-bond acceptors (Lipinski definition) is 3. The Labute approximate surface area is 169 Å². The molecule has 0 saturated carbocycles. The Balaban J connectivity index is 1.50. The normalized spacial score (nSPS) is 16.1. The molecule has 5 heteroatoms. The van der Waals surface area contributed by atoms with Gasteiger partial charge in [-0.05, 0) is 48.7 Å². The first kappa shape index (κ1) is 19.4. The van der Waals surface area contributed by atoms with Gasteiger partial charge in [0.1, 0.15) is 11.6 Å². The van der Waals surface area contributed by atoms with Gasteiger partial charge in [-0.25, -0.2) is 8.78 Å². The Morgan fingerprint density at radius 2 is 1.76 bits per heavy atom. The molecule has 3 nitrogen and oxygen atoms in total. The van der Waals surface area contributed by atoms with Crippen LogP contribution in [0.15, 0.2) is 65.8 Å². The van der Waals surface area contributed by atoms with E-state index >= 15 is 0 Å². The molecule has 0 bridgehead atoms. The molecule has 1 N–H and O–H groups in total. The molecule has 1 aliphatic rings. The van der Waals surface area contributed by atoms with E-state index in [1.165, 1.54) is 18.2 Å². The lowest BCUT2D eigenvalue weighted by molar-refractivity contribution is 0.578. The first-order valence-electron chi connectivity index (χ1n) is 9.92. The summed E-state index contributed by atoms with van der Waals surface area (Å²) < 4.78 is 28.1. The van der Waals surface area contributed by atoms with Gasteiger partial charge >= 0.3 is 0 Å². The Kier molecular flexibility index (Phi) is 5.76. The van der Waals surface area contributed by atoms with Crippen LogP contribution >= 0.6 is 0 Å². The third-order valence-electron chi connectivity index (χ3n) is 5.21. The predicted molar refractivity (Wildman–Crippen MR) is 112 cm³/mol. The van der Waals surface area contributed by atoms with Crippen molar-refractivity contribution in [3.63, 3.8) is 0 Å². The van der Waals surface area contributed by atoms with Crippen LogP contribution in [0.3, 0.4) is 0 Å². The van der Waals surface area contributed by atoms with Gasteiger partial charge in [-0.15, -0.1) is 0 Å². The van der Waals surface area contributed by atoms with Crippen LogP contribution in [0.1, 0.15) is 42.5 Å². The number of benzene rings is 2. The van der Waals surface area contributed by atoms with Gasteiger partial charge in [0.2, 0.25) is 0 Å². The molecule has 1 aliphatic heterocycles. The quantitative estimate of drug-likeness (QED) is 0.606. The summed E-state index contributed by atoms with van der Waals surface area (Å²) in [6, 6.07) is 16.1. The van der Waals surface area contributed by atoms with Gasteiger partial charge in [0.15, 0.2) is 0 Å². The molecule has 2 heterocycles. The zero-order valence-corrected chi connectivity index (χ0v) is 16.3. The van der Waals surface area contributed by atoms with E-state index in [1.807, 2.05) is 36.5 Å². The zero-order valence-electron chi connectivity index (χ0n) is 16.3. The molecule has 29 heavy (non-hydrogen) atoms. The van der Waals surface area contributed by atoms with Gasteiger partial charge in [-0.2, -0.15) is 0 Å². The second-order valence-corrected chi connectivity index (χ2v) is 7.18. The predicted octanol–water partition coefficient (Wildman–Crippen LogP) is 5.46. The molecule has 1 aromatic heterocycles. The van der Waals surface area contributed by atoms with Gasteiger partial charge in [-0.3, -0.25) is 9.98 Å². The Hall–Kier alpha value is -2.92. The Morgan fingerprint density at radius 3 is 2.41 bits per heavy atom. The van der Waals surface area contributed by atoms with Crippen LogP contribution in [0, 0.1) is 11.6 Å². The van der Waals surface area contributed by atoms with Gasteiger partial charge in [0.05, 0.1) is 17.3 Å². The fourth-order valence-corrected chi connectivity index (χ4v) is 3.64. The molecule has 1 atom stereocenters. The lowest BCUT2D eigenvalue weighted by Gasteiger charge is -2.09. The lowest BCUT2D eigenvalue weighted by Crippen LogP contribution is -2.11. The molecule has 0 saturated heterocycles. The van der Waals surface area contributed by atoms with Gasteiger partial charge in [0, 0.05) is 24.0 Å². The Morgan fingerprint density at radius 1 is 1.00 bits per heavy atom. The standard InChI is InChI=1S/C24H23F2N3/c1-2-27-14-16-6-11-21(28-15-16)17-7-9-18(10-8-17)22-12-13-23(29-22)24-19(25)4-3-5-20(24)26/h3-11,15,22,27H,2,12-14H2,1H3. The number of halogens is 2. The van der Waals surface area contributed by atoms with E-state index in [0.717, 1.165) is 41.9 Å². The highest BCUT2D eigenvalue weighted by Crippen LogP contribution is 2.33. The molecular weight excluding hydrogens is 368 g/mol. The number of pyridine rings is 1. The molecule has 0 spiro atoms. The minimum Gasteiger partial charge on any atom is -0.313 e. The summed E-state index contributed by atoms with van der Waals surface area (Å²) in [4.78, 5) is 9.16. The van der Waals surface area contributed by atoms with Crippen molar-refractivity contribution in [2.45, 2.75) is 32.4 Å². The second-order valence-electron chi connectivity index (χ2n) is 7.18. The maximum absolute atomic E-state index is 14.0. The smallest absolute Gasteiger partial charge is 0.135 e. The van der Waals surface area contributed by atoms with Crippen LogP contribution in [0.25, 0.3) is 11.3 Å². The van der Waals surface area contributed by atoms with E-state index < -0.39 is 11.6 Å². The van der Waals surface area contributed by atoms with Crippen LogP contribution in [0.5, 0.6) is 0 Å². The molecule has 0 radical (unpaired) electrons. The van der Waals surface area contributed by atoms with E-state index in [2.05, 4.69) is 28.3 Å². The molecule has 2 aromatic carbocycles. The monoisotopic (exact) mass is 391 g/mol. The van der Waals surface area contributed by atoms with Crippen molar-refractivity contribution < 1.29 is 8.78 Å². The van der Waals surface area contributed by atoms with E-state index in [0.29, 0.717) is 12.1 Å². The van der Waals surface area contributed by atoms with Crippen molar-refractivity contribution in [1.29, 1.82) is 0 Å². The van der Waals surface area contributed by atoms with E-state index in [4.69, 9.17) is 0 Å². The summed E-state index contributed by atoms with van der Waals surface area (Å²) in [7, 11) is 0. The fraction of sp³-hybridized carbons (Fsp3) is 0.250. The SMILES string of the molecule is CCNCc1ccc(-c2ccc(C3CCC(c4c(F)cccc4F)=N3)cc2)nc1. The molecule has 3 aromatic rings. The molecule has 0 amide bonds. The van der Waals surface area contributed by atoms with Crippen molar-refractivity contribution in [3.8, 4) is 11.3 Å². The molecule has 0 fully saturated rings. The number of aromatic nitrogens is 1. The average molecular weight is 391 g/mol. The molecular formula is C24H23F2N3. The van der Waals surface area contributed by atoms with Crippen molar-refractivity contribution in [3.05, 3.63) is 89.1 Å². The van der Waals surface area contributed by atoms with Crippen LogP contribution in [-0.2, 0) is 6.54 Å². The fourth-order valence-electron chi connectivity index (χ4n) is 3.64. The van der Waals surface area contributed by atoms with Gasteiger partial charge < -0.3 is 5.32 Å². The summed E-state index contributed by atoms with van der Waals surface area (Å²) >= 11 is 0. The summed E-state index contributed by atoms with van der Waals surface area (Å²) in [6.07, 6.45) is 3.21. The number of aliphatic imine (C=N–C) groups is 1. The Bertz CT molecular complexity index is 991. The van der Waals surface area contributed by atoms with Crippen LogP contribution in [-0.4, -0.2) is 17.2 Å². The lowest BCUT2D eigenvalue weighted by atomic mass is 10.0. The second kappa shape index (κ2) is 8.62. The maximum atomic E-state index is 14.0. The zero-order chi connectivity index (χ0) is 20.2. The summed E-state index contributed by atoms with van der Waals surface area (Å²) in [5.74, 6) is -1.10. The number of hydrogen-bond donors (Lipinski definition) is 1. The summed E-state index contributed by atoms with van der Waals surface area (Å²) in [5.41, 5.74) is 4.66. The topological polar surface area (TPSA) is 37.3 Å². The molecule has 4 rings (SSSR count). The van der Waals surface area contributed by atoms with Gasteiger partial charge in [0.25, 0.3) is 0 Å². The number of nitrogens with one attached hydrogen (secondary N) is 1. The minimum atomic E-state index is -0.552. The van der Waals surface area contributed by atoms with Crippen molar-refractivity contribution in [2.75, 3.05) is 6.54 Å². The minimum absolute atomic E-state index is 0.00785. The molecule has 0 aliphatic carbocycles. The highest BCUT2D eigenvalue weighted by Gasteiger charge is 2.24. The number of rotatable bonds is 6. The highest BCUT2D eigenvalue weighted by molar-refractivity contribution is 6.02. The van der Waals surface area contributed by atoms with Crippen molar-refractivity contribution in [2.24, 2.45) is 4.99 Å². The summed E-state index contributed by atoms with van der Waals surface area (Å²) in [5, 5.41) is 3.29. The molecule has 148 valence electrons. The molecule has 1 unspecified atom stereocenters. The van der Waals surface area contributed by atoms with Gasteiger partial charge in [-0.1, -0.05) is 43.3 Å². The van der Waals surface area contributed by atoms with Crippen molar-refractivity contribution >= 4 is 5.71 Å². The van der Waals surface area contributed by atoms with Crippen LogP contribution < -0.4 is 5.32 Å². The first-order valence-corrected chi connectivity index (χ1v) is 9.92. The van der Waals surface area contributed by atoms with Crippen LogP contribution in [0.2, 0.25) is 0 Å². The third kappa shape index (κ3) is 4.25. The van der Waals surface area contributed by atoms with E-state index in [9.17, 15) is 8.78 Å². The average Bonchev–Trinajstić information content (AvgIpc) is 3.22. The van der Waals surface area contributed by atoms with Crippen LogP contribution in [0.4, 0.5) is 8.78 Å². The van der Waals surface area contributed by atoms with Crippen molar-refractivity contribution in [1.82, 2.24) is 10.3 Å². The van der Waals surface area contributed by atoms with E-state index in [-0.39, 0.29) is 11.6 Å². The largest absolute Gasteiger partial charge is 0.313 e. The number of nitrogens with zero attached hydrogens (tertiary/aromatic N) is 2. The third-order valence-corrected chi connectivity index (χ3v) is 5.21. The highest BCUT2D eigenvalue weighted by atomic mass is 19.1. The maximum Gasteiger partial charge on any atom is 0.135 e. The first-order chi connectivity index (χ1) is 14.2.